The van der Waals surface area contributed by atoms with E-state index in [1.54, 1.807) is 92.9 Å². The second kappa shape index (κ2) is 28.4. The number of halogens is 1. The number of fused-ring (bicyclic) bond motifs is 1. The third-order valence-corrected chi connectivity index (χ3v) is 15.1. The van der Waals surface area contributed by atoms with Crippen molar-refractivity contribution in [2.24, 2.45) is 5.92 Å². The molecule has 5 N–H and O–H groups in total. The molecule has 2 fully saturated rings. The van der Waals surface area contributed by atoms with Crippen molar-refractivity contribution in [3.05, 3.63) is 131 Å². The van der Waals surface area contributed by atoms with Crippen LogP contribution in [0.15, 0.2) is 102 Å². The second-order valence-electron chi connectivity index (χ2n) is 18.4. The Labute approximate surface area is 445 Å². The van der Waals surface area contributed by atoms with Gasteiger partial charge in [-0.2, -0.15) is 0 Å². The highest BCUT2D eigenvalue weighted by molar-refractivity contribution is 7.99. The van der Waals surface area contributed by atoms with Gasteiger partial charge in [-0.1, -0.05) is 69.5 Å². The lowest BCUT2D eigenvalue weighted by Gasteiger charge is -2.45. The molecular weight excluding hydrogens is 1030 g/mol. The Morgan fingerprint density at radius 1 is 0.932 bits per heavy atom. The summed E-state index contributed by atoms with van der Waals surface area (Å²) in [5.74, 6) is 5.85. The molecule has 21 heteroatoms. The monoisotopic (exact) mass is 1100 g/mol. The van der Waals surface area contributed by atoms with Crippen molar-refractivity contribution in [3.8, 4) is 11.8 Å². The number of likely N-dealkylation sites (tertiary alicyclic amines) is 1. The van der Waals surface area contributed by atoms with Crippen LogP contribution < -0.4 is 5.32 Å². The number of phosphoric ester groups is 1. The topological polar surface area (TPSA) is 241 Å². The zero-order valence-corrected chi connectivity index (χ0v) is 45.6. The van der Waals surface area contributed by atoms with Gasteiger partial charge in [0.2, 0.25) is 5.91 Å². The summed E-state index contributed by atoms with van der Waals surface area (Å²) in [4.78, 5) is 82.4. The Kier molecular flexibility index (Phi) is 23.0. The number of hydrogen-bond acceptors (Lipinski definition) is 16. The first-order valence-corrected chi connectivity index (χ1v) is 28.3. The Hall–Kier alpha value is -4.81. The number of esters is 1. The van der Waals surface area contributed by atoms with Gasteiger partial charge >= 0.3 is 25.7 Å². The Bertz CT molecular complexity index is 2550. The van der Waals surface area contributed by atoms with Gasteiger partial charge in [0, 0.05) is 23.2 Å². The van der Waals surface area contributed by atoms with E-state index in [9.17, 15) is 34.0 Å². The molecule has 0 aliphatic carbocycles. The van der Waals surface area contributed by atoms with Gasteiger partial charge in [0.05, 0.1) is 40.8 Å². The fourth-order valence-electron chi connectivity index (χ4n) is 8.44. The smallest absolute Gasteiger partial charge is 0.462 e. The number of phosphoric acid groups is 1. The van der Waals surface area contributed by atoms with Crippen LogP contribution in [0.4, 0.5) is 0 Å². The number of ether oxygens (including phenoxy) is 2. The molecule has 17 nitrogen and oxygen atoms in total. The van der Waals surface area contributed by atoms with Crippen LogP contribution in [0.5, 0.6) is 0 Å². The molecule has 400 valence electrons. The number of amides is 1. The van der Waals surface area contributed by atoms with Crippen molar-refractivity contribution < 1.29 is 67.5 Å². The zero-order chi connectivity index (χ0) is 54.2. The summed E-state index contributed by atoms with van der Waals surface area (Å²) in [5, 5.41) is 23.4. The molecular formula is C53H65ClN3O14PS2. The number of pyridine rings is 1. The molecule has 4 aromatic rings. The lowest BCUT2D eigenvalue weighted by molar-refractivity contribution is -0.201. The Balaban J connectivity index is 0.000000212. The van der Waals surface area contributed by atoms with Gasteiger partial charge in [0.15, 0.2) is 0 Å². The maximum absolute atomic E-state index is 13.0. The third kappa shape index (κ3) is 17.4. The lowest BCUT2D eigenvalue weighted by atomic mass is 9.81. The van der Waals surface area contributed by atoms with Gasteiger partial charge in [-0.3, -0.25) is 14.2 Å². The average molecular weight is 1100 g/mol. The van der Waals surface area contributed by atoms with Crippen LogP contribution in [-0.2, 0) is 38.5 Å². The maximum Gasteiger partial charge on any atom is 0.470 e. The van der Waals surface area contributed by atoms with Crippen LogP contribution in [0.25, 0.3) is 0 Å². The predicted octanol–water partition coefficient (Wildman–Crippen LogP) is 7.55. The maximum atomic E-state index is 13.0. The first kappa shape index (κ1) is 60.1. The third-order valence-electron chi connectivity index (χ3n) is 12.4. The van der Waals surface area contributed by atoms with E-state index >= 15 is 0 Å². The Morgan fingerprint density at radius 3 is 2.11 bits per heavy atom. The van der Waals surface area contributed by atoms with Crippen molar-refractivity contribution in [1.29, 1.82) is 0 Å². The van der Waals surface area contributed by atoms with Gasteiger partial charge in [0.25, 0.3) is 0 Å². The summed E-state index contributed by atoms with van der Waals surface area (Å²) < 4.78 is 26.7. The molecule has 1 amide bonds. The Morgan fingerprint density at radius 2 is 1.57 bits per heavy atom. The average Bonchev–Trinajstić information content (AvgIpc) is 3.76. The van der Waals surface area contributed by atoms with E-state index in [1.165, 1.54) is 28.8 Å². The number of aliphatic hydroxyl groups is 2. The van der Waals surface area contributed by atoms with E-state index in [0.717, 1.165) is 43.1 Å². The number of aliphatic hydroxyl groups excluding tert-OH is 2. The number of nitrogens with one attached hydrogen (secondary N) is 1. The zero-order valence-electron chi connectivity index (χ0n) is 42.3. The van der Waals surface area contributed by atoms with Crippen molar-refractivity contribution in [2.75, 3.05) is 32.2 Å². The van der Waals surface area contributed by atoms with Crippen LogP contribution in [0.3, 0.4) is 0 Å². The van der Waals surface area contributed by atoms with Crippen molar-refractivity contribution >= 4 is 66.8 Å². The summed E-state index contributed by atoms with van der Waals surface area (Å²) in [5.41, 5.74) is 3.29. The molecule has 0 bridgehead atoms. The first-order valence-electron chi connectivity index (χ1n) is 24.0. The van der Waals surface area contributed by atoms with Crippen molar-refractivity contribution in [1.82, 2.24) is 15.2 Å². The van der Waals surface area contributed by atoms with Crippen LogP contribution in [0.1, 0.15) is 108 Å². The fraction of sp³-hybridized carbons (Fsp3) is 0.453. The number of carbonyl (C=O) groups excluding carboxylic acids is 4. The minimum Gasteiger partial charge on any atom is -0.462 e. The van der Waals surface area contributed by atoms with E-state index < -0.39 is 61.0 Å². The molecule has 0 saturated carbocycles. The van der Waals surface area contributed by atoms with Gasteiger partial charge < -0.3 is 34.8 Å². The van der Waals surface area contributed by atoms with Crippen LogP contribution >= 0.6 is 42.9 Å². The highest BCUT2D eigenvalue weighted by Crippen LogP contribution is 2.44. The van der Waals surface area contributed by atoms with E-state index in [1.807, 2.05) is 23.7 Å². The number of carbonyl (C=O) groups is 4. The molecule has 3 aliphatic rings. The summed E-state index contributed by atoms with van der Waals surface area (Å²) in [6.07, 6.45) is 1.32. The van der Waals surface area contributed by atoms with Gasteiger partial charge in [-0.05, 0) is 130 Å². The van der Waals surface area contributed by atoms with Crippen molar-refractivity contribution in [3.63, 3.8) is 0 Å². The SMILES string of the molecule is CCC[C@@H]1C[C@@H](C(=O)N[C@@H]([C@H]2O[C@H](SC)[C@H](OP(=O)(O)O)[C@@H](O)[C@H]2O)[C@H](C)Cl)N(C)C1.CCOC(=O)c1ccc(C#Cc2ccc3c(c2)C(C)(C)CCS3)nc1.O=C(OOC(=O)c1ccccc1)c1ccccc1. The summed E-state index contributed by atoms with van der Waals surface area (Å²) >= 11 is 9.30. The normalized spacial score (nSPS) is 22.8. The van der Waals surface area contributed by atoms with E-state index in [-0.39, 0.29) is 23.3 Å². The molecule has 0 radical (unpaired) electrons. The highest BCUT2D eigenvalue weighted by atomic mass is 35.5. The minimum absolute atomic E-state index is 0.192. The molecule has 74 heavy (non-hydrogen) atoms. The highest BCUT2D eigenvalue weighted by Gasteiger charge is 2.51. The quantitative estimate of drug-likeness (QED) is 0.0217. The molecule has 4 heterocycles. The van der Waals surface area contributed by atoms with E-state index in [2.05, 4.69) is 75.4 Å². The number of hydrogen-bond donors (Lipinski definition) is 5. The number of nitrogens with zero attached hydrogens (tertiary/aromatic N) is 2. The largest absolute Gasteiger partial charge is 0.470 e. The number of aromatic nitrogens is 1. The summed E-state index contributed by atoms with van der Waals surface area (Å²) in [6, 6.07) is 25.3. The van der Waals surface area contributed by atoms with Gasteiger partial charge in [-0.15, -0.1) is 35.1 Å². The standard InChI is InChI=1S/C21H21NO2S.C18H34ClN2O8PS.C14H10O4/c1-4-24-20(23)16-7-9-17(22-14-16)8-5-15-6-10-19-18(13-15)21(2,3)11-12-25-19;1-5-6-10-7-11(21(3)8-10)17(24)20-12(9(2)19)15-13(22)14(23)16(18(28-15)31-4)29-30(25,26)27;15-13(11-7-3-1-4-8-11)17-18-14(16)12-9-5-2-6-10-12/h6-7,9-10,13-14H,4,11-12H2,1-3H3;9-16,18,22-23H,5-8H2,1-4H3,(H,20,24)(H2,25,26,27);1-10H/t;9-,10+,11-,12+,13+,14-,15+,16+,18+;/m.0./s1. The van der Waals surface area contributed by atoms with Crippen molar-refractivity contribution in [2.45, 2.75) is 118 Å². The molecule has 7 rings (SSSR count). The van der Waals surface area contributed by atoms with Crippen LogP contribution in [0.2, 0.25) is 0 Å². The van der Waals surface area contributed by atoms with E-state index in [4.69, 9.17) is 30.9 Å². The fourth-order valence-corrected chi connectivity index (χ4v) is 11.5. The minimum atomic E-state index is -4.93. The summed E-state index contributed by atoms with van der Waals surface area (Å²) in [6.45, 7) is 11.3. The number of thioether (sulfide) groups is 2. The first-order chi connectivity index (χ1) is 35.2. The number of rotatable bonds is 13. The second-order valence-corrected chi connectivity index (χ2v) is 22.3. The predicted molar refractivity (Wildman–Crippen MR) is 282 cm³/mol. The van der Waals surface area contributed by atoms with E-state index in [0.29, 0.717) is 34.9 Å². The molecule has 9 atom stereocenters. The lowest BCUT2D eigenvalue weighted by Crippen LogP contribution is -2.65. The molecule has 2 saturated heterocycles. The molecule has 0 unspecified atom stereocenters. The van der Waals surface area contributed by atoms with Gasteiger partial charge in [-0.25, -0.2) is 33.7 Å². The summed E-state index contributed by atoms with van der Waals surface area (Å²) in [7, 11) is -3.04. The molecule has 0 spiro atoms. The number of benzene rings is 3. The number of alkyl halides is 1. The molecule has 1 aromatic heterocycles. The molecule has 3 aromatic carbocycles. The van der Waals surface area contributed by atoms with Gasteiger partial charge in [0.1, 0.15) is 35.5 Å². The molecule has 3 aliphatic heterocycles. The van der Waals surface area contributed by atoms with Crippen LogP contribution in [0, 0.1) is 17.8 Å². The van der Waals surface area contributed by atoms with Crippen LogP contribution in [-0.4, -0.2) is 133 Å². The number of likely N-dealkylation sites (N-methyl/N-ethyl adjacent to an activating group) is 1.